The third-order valence-corrected chi connectivity index (χ3v) is 3.89. The molecule has 1 aromatic carbocycles. The number of rotatable bonds is 3. The van der Waals surface area contributed by atoms with Crippen LogP contribution in [0.4, 0.5) is 4.39 Å². The zero-order chi connectivity index (χ0) is 15.0. The van der Waals surface area contributed by atoms with Gasteiger partial charge in [0.05, 0.1) is 11.4 Å². The Morgan fingerprint density at radius 1 is 1.38 bits per heavy atom. The number of hydrogen-bond donors (Lipinski definition) is 1. The molecule has 0 bridgehead atoms. The quantitative estimate of drug-likeness (QED) is 0.939. The van der Waals surface area contributed by atoms with Gasteiger partial charge in [-0.05, 0) is 30.5 Å². The van der Waals surface area contributed by atoms with Gasteiger partial charge in [0.1, 0.15) is 11.6 Å². The lowest BCUT2D eigenvalue weighted by Gasteiger charge is -2.17. The van der Waals surface area contributed by atoms with Gasteiger partial charge in [-0.25, -0.2) is 9.37 Å². The SMILES string of the molecule is Cc1ccc(F)c(-n2c(CC(C)C)nc3c2CCNC3)c1. The summed E-state index contributed by atoms with van der Waals surface area (Å²) >= 11 is 0. The minimum absolute atomic E-state index is 0.177. The van der Waals surface area contributed by atoms with Crippen LogP contribution in [0.25, 0.3) is 5.69 Å². The molecule has 3 nitrogen and oxygen atoms in total. The molecular formula is C17H22FN3. The van der Waals surface area contributed by atoms with Crippen molar-refractivity contribution >= 4 is 0 Å². The number of hydrogen-bond acceptors (Lipinski definition) is 2. The van der Waals surface area contributed by atoms with E-state index in [4.69, 9.17) is 4.98 Å². The van der Waals surface area contributed by atoms with Crippen LogP contribution in [0.3, 0.4) is 0 Å². The van der Waals surface area contributed by atoms with Crippen LogP contribution in [0, 0.1) is 18.7 Å². The summed E-state index contributed by atoms with van der Waals surface area (Å²) in [6, 6.07) is 5.28. The van der Waals surface area contributed by atoms with Gasteiger partial charge in [-0.15, -0.1) is 0 Å². The zero-order valence-corrected chi connectivity index (χ0v) is 12.9. The zero-order valence-electron chi connectivity index (χ0n) is 12.9. The molecule has 1 aliphatic heterocycles. The molecule has 0 saturated heterocycles. The predicted molar refractivity (Wildman–Crippen MR) is 82.2 cm³/mol. The monoisotopic (exact) mass is 287 g/mol. The third-order valence-electron chi connectivity index (χ3n) is 3.89. The molecule has 21 heavy (non-hydrogen) atoms. The summed E-state index contributed by atoms with van der Waals surface area (Å²) in [5.74, 6) is 1.29. The second-order valence-corrected chi connectivity index (χ2v) is 6.24. The van der Waals surface area contributed by atoms with Gasteiger partial charge in [-0.1, -0.05) is 19.9 Å². The van der Waals surface area contributed by atoms with Crippen molar-refractivity contribution < 1.29 is 4.39 Å². The van der Waals surface area contributed by atoms with Crippen molar-refractivity contribution in [3.63, 3.8) is 0 Å². The number of aromatic nitrogens is 2. The summed E-state index contributed by atoms with van der Waals surface area (Å²) in [7, 11) is 0. The van der Waals surface area contributed by atoms with Crippen LogP contribution in [0.2, 0.25) is 0 Å². The van der Waals surface area contributed by atoms with Gasteiger partial charge in [0.25, 0.3) is 0 Å². The highest BCUT2D eigenvalue weighted by Gasteiger charge is 2.22. The van der Waals surface area contributed by atoms with Crippen LogP contribution in [0.15, 0.2) is 18.2 Å². The molecule has 2 heterocycles. The Morgan fingerprint density at radius 3 is 2.95 bits per heavy atom. The van der Waals surface area contributed by atoms with Crippen molar-refractivity contribution in [3.05, 3.63) is 46.8 Å². The lowest BCUT2D eigenvalue weighted by atomic mass is 10.1. The van der Waals surface area contributed by atoms with Gasteiger partial charge >= 0.3 is 0 Å². The van der Waals surface area contributed by atoms with Crippen LogP contribution in [-0.2, 0) is 19.4 Å². The fourth-order valence-corrected chi connectivity index (χ4v) is 2.95. The van der Waals surface area contributed by atoms with E-state index in [1.807, 2.05) is 19.1 Å². The molecule has 0 atom stereocenters. The van der Waals surface area contributed by atoms with E-state index in [0.29, 0.717) is 11.6 Å². The molecule has 3 rings (SSSR count). The number of fused-ring (bicyclic) bond motifs is 1. The van der Waals surface area contributed by atoms with Gasteiger partial charge in [-0.3, -0.25) is 4.57 Å². The molecule has 4 heteroatoms. The van der Waals surface area contributed by atoms with E-state index in [0.717, 1.165) is 48.7 Å². The summed E-state index contributed by atoms with van der Waals surface area (Å²) in [4.78, 5) is 4.77. The summed E-state index contributed by atoms with van der Waals surface area (Å²) in [6.45, 7) is 8.04. The molecule has 0 amide bonds. The molecule has 0 radical (unpaired) electrons. The van der Waals surface area contributed by atoms with Crippen molar-refractivity contribution in [2.75, 3.05) is 6.54 Å². The first-order chi connectivity index (χ1) is 10.1. The minimum atomic E-state index is -0.177. The topological polar surface area (TPSA) is 29.9 Å². The number of imidazole rings is 1. The lowest BCUT2D eigenvalue weighted by Crippen LogP contribution is -2.25. The summed E-state index contributed by atoms with van der Waals surface area (Å²) < 4.78 is 16.4. The smallest absolute Gasteiger partial charge is 0.147 e. The normalized spacial score (nSPS) is 14.5. The van der Waals surface area contributed by atoms with Crippen molar-refractivity contribution in [1.82, 2.24) is 14.9 Å². The first-order valence-electron chi connectivity index (χ1n) is 7.63. The average molecular weight is 287 g/mol. The van der Waals surface area contributed by atoms with E-state index in [1.54, 1.807) is 6.07 Å². The maximum Gasteiger partial charge on any atom is 0.147 e. The maximum atomic E-state index is 14.4. The van der Waals surface area contributed by atoms with Crippen molar-refractivity contribution in [2.24, 2.45) is 5.92 Å². The standard InChI is InChI=1S/C17H22FN3/c1-11(2)8-17-20-14-10-19-7-6-15(14)21(17)16-9-12(3)4-5-13(16)18/h4-5,9,11,19H,6-8,10H2,1-3H3. The summed E-state index contributed by atoms with van der Waals surface area (Å²) in [5.41, 5.74) is 3.94. The third kappa shape index (κ3) is 2.72. The van der Waals surface area contributed by atoms with Gasteiger partial charge in [-0.2, -0.15) is 0 Å². The molecule has 0 unspecified atom stereocenters. The molecule has 0 spiro atoms. The van der Waals surface area contributed by atoms with Gasteiger partial charge in [0.15, 0.2) is 0 Å². The Kier molecular flexibility index (Phi) is 3.81. The van der Waals surface area contributed by atoms with Crippen LogP contribution in [0.1, 0.15) is 36.6 Å². The molecule has 1 aliphatic rings. The molecule has 1 N–H and O–H groups in total. The Labute approximate surface area is 125 Å². The van der Waals surface area contributed by atoms with E-state index < -0.39 is 0 Å². The van der Waals surface area contributed by atoms with E-state index in [2.05, 4.69) is 23.7 Å². The minimum Gasteiger partial charge on any atom is -0.311 e. The molecule has 2 aromatic rings. The highest BCUT2D eigenvalue weighted by Crippen LogP contribution is 2.25. The fraction of sp³-hybridized carbons (Fsp3) is 0.471. The Hall–Kier alpha value is -1.68. The Balaban J connectivity index is 2.19. The number of aryl methyl sites for hydroxylation is 1. The van der Waals surface area contributed by atoms with Crippen molar-refractivity contribution in [1.29, 1.82) is 0 Å². The van der Waals surface area contributed by atoms with Crippen LogP contribution >= 0.6 is 0 Å². The average Bonchev–Trinajstić information content (AvgIpc) is 2.78. The molecular weight excluding hydrogens is 265 g/mol. The number of benzene rings is 1. The molecule has 0 fully saturated rings. The van der Waals surface area contributed by atoms with Crippen LogP contribution < -0.4 is 5.32 Å². The molecule has 1 aromatic heterocycles. The molecule has 112 valence electrons. The van der Waals surface area contributed by atoms with Crippen LogP contribution in [0.5, 0.6) is 0 Å². The molecule has 0 saturated carbocycles. The molecule has 0 aliphatic carbocycles. The first-order valence-corrected chi connectivity index (χ1v) is 7.63. The summed E-state index contributed by atoms with van der Waals surface area (Å²) in [5, 5.41) is 3.34. The van der Waals surface area contributed by atoms with Gasteiger partial charge in [0.2, 0.25) is 0 Å². The van der Waals surface area contributed by atoms with E-state index >= 15 is 0 Å². The largest absolute Gasteiger partial charge is 0.311 e. The predicted octanol–water partition coefficient (Wildman–Crippen LogP) is 3.16. The maximum absolute atomic E-state index is 14.4. The number of halogens is 1. The van der Waals surface area contributed by atoms with Crippen molar-refractivity contribution in [3.8, 4) is 5.69 Å². The Bertz CT molecular complexity index is 658. The second-order valence-electron chi connectivity index (χ2n) is 6.24. The van der Waals surface area contributed by atoms with Crippen LogP contribution in [-0.4, -0.2) is 16.1 Å². The van der Waals surface area contributed by atoms with Gasteiger partial charge in [0, 0.05) is 31.6 Å². The fourth-order valence-electron chi connectivity index (χ4n) is 2.95. The second kappa shape index (κ2) is 5.60. The highest BCUT2D eigenvalue weighted by molar-refractivity contribution is 5.42. The van der Waals surface area contributed by atoms with E-state index in [9.17, 15) is 4.39 Å². The Morgan fingerprint density at radius 2 is 2.19 bits per heavy atom. The number of nitrogens with one attached hydrogen (secondary N) is 1. The van der Waals surface area contributed by atoms with Crippen molar-refractivity contribution in [2.45, 2.75) is 40.2 Å². The van der Waals surface area contributed by atoms with Gasteiger partial charge < -0.3 is 5.32 Å². The van der Waals surface area contributed by atoms with E-state index in [1.165, 1.54) is 0 Å². The van der Waals surface area contributed by atoms with E-state index in [-0.39, 0.29) is 5.82 Å². The highest BCUT2D eigenvalue weighted by atomic mass is 19.1. The lowest BCUT2D eigenvalue weighted by molar-refractivity contribution is 0.584. The first kappa shape index (κ1) is 14.3. The summed E-state index contributed by atoms with van der Waals surface area (Å²) in [6.07, 6.45) is 1.76. The number of nitrogens with zero attached hydrogens (tertiary/aromatic N) is 2.